The van der Waals surface area contributed by atoms with Gasteiger partial charge in [-0.1, -0.05) is 39.3 Å². The first-order chi connectivity index (χ1) is 6.04. The summed E-state index contributed by atoms with van der Waals surface area (Å²) in [6.07, 6.45) is 4.42. The number of hydrogen-bond donors (Lipinski definition) is 0. The van der Waals surface area contributed by atoms with Crippen LogP contribution in [0.2, 0.25) is 0 Å². The summed E-state index contributed by atoms with van der Waals surface area (Å²) >= 11 is 0. The minimum Gasteiger partial charge on any atom is -0.252 e. The zero-order chi connectivity index (χ0) is 9.90. The van der Waals surface area contributed by atoms with Gasteiger partial charge in [-0.2, -0.15) is 0 Å². The average Bonchev–Trinajstić information content (AvgIpc) is 2.47. The molecular formula is C10H19N3. The monoisotopic (exact) mass is 181 g/mol. The van der Waals surface area contributed by atoms with Gasteiger partial charge in [0.05, 0.1) is 5.69 Å². The molecule has 0 saturated carbocycles. The van der Waals surface area contributed by atoms with Crippen LogP contribution in [0.5, 0.6) is 0 Å². The number of rotatable bonds is 3. The maximum absolute atomic E-state index is 4.15. The van der Waals surface area contributed by atoms with Crippen LogP contribution >= 0.6 is 0 Å². The molecule has 0 N–H and O–H groups in total. The number of hydrogen-bond acceptors (Lipinski definition) is 2. The molecule has 0 amide bonds. The molecule has 0 saturated heterocycles. The van der Waals surface area contributed by atoms with Crippen LogP contribution in [0.25, 0.3) is 0 Å². The van der Waals surface area contributed by atoms with E-state index in [0.717, 1.165) is 12.2 Å². The third kappa shape index (κ3) is 2.83. The Kier molecular flexibility index (Phi) is 3.07. The molecule has 0 aliphatic rings. The standard InChI is InChI=1S/C10H19N3/c1-5-6-7-13-8-9(11-12-13)10(2,3)4/h8H,5-7H2,1-4H3. The molecule has 0 fully saturated rings. The second-order valence-electron chi connectivity index (χ2n) is 4.47. The zero-order valence-electron chi connectivity index (χ0n) is 9.04. The lowest BCUT2D eigenvalue weighted by Crippen LogP contribution is -2.11. The van der Waals surface area contributed by atoms with Crippen LogP contribution < -0.4 is 0 Å². The fourth-order valence-electron chi connectivity index (χ4n) is 1.07. The highest BCUT2D eigenvalue weighted by molar-refractivity contribution is 5.06. The molecular weight excluding hydrogens is 162 g/mol. The number of aryl methyl sites for hydroxylation is 1. The molecule has 0 unspecified atom stereocenters. The summed E-state index contributed by atoms with van der Waals surface area (Å²) in [5, 5.41) is 8.24. The Morgan fingerprint density at radius 1 is 1.38 bits per heavy atom. The minimum atomic E-state index is 0.116. The molecule has 1 rings (SSSR count). The van der Waals surface area contributed by atoms with E-state index in [0.29, 0.717) is 0 Å². The van der Waals surface area contributed by atoms with Crippen molar-refractivity contribution in [1.29, 1.82) is 0 Å². The molecule has 0 aliphatic carbocycles. The van der Waals surface area contributed by atoms with Crippen molar-refractivity contribution in [2.24, 2.45) is 0 Å². The van der Waals surface area contributed by atoms with Gasteiger partial charge in [0.2, 0.25) is 0 Å². The zero-order valence-corrected chi connectivity index (χ0v) is 9.04. The third-order valence-electron chi connectivity index (χ3n) is 2.05. The van der Waals surface area contributed by atoms with Gasteiger partial charge in [0, 0.05) is 18.2 Å². The van der Waals surface area contributed by atoms with E-state index in [1.165, 1.54) is 12.8 Å². The van der Waals surface area contributed by atoms with Gasteiger partial charge in [-0.3, -0.25) is 4.68 Å². The van der Waals surface area contributed by atoms with E-state index in [-0.39, 0.29) is 5.41 Å². The molecule has 0 aromatic carbocycles. The summed E-state index contributed by atoms with van der Waals surface area (Å²) in [6, 6.07) is 0. The van der Waals surface area contributed by atoms with Crippen LogP contribution in [-0.4, -0.2) is 15.0 Å². The van der Waals surface area contributed by atoms with Crippen molar-refractivity contribution in [3.63, 3.8) is 0 Å². The van der Waals surface area contributed by atoms with Gasteiger partial charge in [-0.25, -0.2) is 0 Å². The normalized spacial score (nSPS) is 12.0. The van der Waals surface area contributed by atoms with Crippen LogP contribution in [-0.2, 0) is 12.0 Å². The molecule has 0 spiro atoms. The molecule has 0 atom stereocenters. The van der Waals surface area contributed by atoms with Crippen LogP contribution in [0.1, 0.15) is 46.2 Å². The smallest absolute Gasteiger partial charge is 0.0880 e. The van der Waals surface area contributed by atoms with E-state index >= 15 is 0 Å². The molecule has 13 heavy (non-hydrogen) atoms. The van der Waals surface area contributed by atoms with Gasteiger partial charge in [-0.15, -0.1) is 5.10 Å². The van der Waals surface area contributed by atoms with Crippen LogP contribution in [0, 0.1) is 0 Å². The van der Waals surface area contributed by atoms with Crippen molar-refractivity contribution in [2.45, 2.75) is 52.5 Å². The molecule has 3 nitrogen and oxygen atoms in total. The summed E-state index contributed by atoms with van der Waals surface area (Å²) in [5.41, 5.74) is 1.19. The molecule has 0 radical (unpaired) electrons. The van der Waals surface area contributed by atoms with Gasteiger partial charge in [0.15, 0.2) is 0 Å². The van der Waals surface area contributed by atoms with E-state index in [1.807, 2.05) is 4.68 Å². The highest BCUT2D eigenvalue weighted by Gasteiger charge is 2.17. The predicted octanol–water partition coefficient (Wildman–Crippen LogP) is 2.38. The topological polar surface area (TPSA) is 30.7 Å². The molecule has 0 bridgehead atoms. The van der Waals surface area contributed by atoms with E-state index in [1.54, 1.807) is 0 Å². The van der Waals surface area contributed by atoms with Gasteiger partial charge in [-0.05, 0) is 6.42 Å². The highest BCUT2D eigenvalue weighted by atomic mass is 15.4. The average molecular weight is 181 g/mol. The van der Waals surface area contributed by atoms with Crippen molar-refractivity contribution < 1.29 is 0 Å². The summed E-state index contributed by atoms with van der Waals surface area (Å²) < 4.78 is 1.93. The maximum atomic E-state index is 4.15. The quantitative estimate of drug-likeness (QED) is 0.716. The van der Waals surface area contributed by atoms with Gasteiger partial charge < -0.3 is 0 Å². The first kappa shape index (κ1) is 10.2. The van der Waals surface area contributed by atoms with E-state index in [4.69, 9.17) is 0 Å². The Balaban J connectivity index is 2.64. The Morgan fingerprint density at radius 2 is 2.08 bits per heavy atom. The van der Waals surface area contributed by atoms with E-state index in [2.05, 4.69) is 44.2 Å². The van der Waals surface area contributed by atoms with Crippen LogP contribution in [0.4, 0.5) is 0 Å². The lowest BCUT2D eigenvalue weighted by atomic mass is 9.93. The van der Waals surface area contributed by atoms with Crippen molar-refractivity contribution in [3.8, 4) is 0 Å². The largest absolute Gasteiger partial charge is 0.252 e. The Labute approximate surface area is 80.1 Å². The molecule has 74 valence electrons. The van der Waals surface area contributed by atoms with Gasteiger partial charge >= 0.3 is 0 Å². The third-order valence-corrected chi connectivity index (χ3v) is 2.05. The first-order valence-electron chi connectivity index (χ1n) is 4.94. The summed E-state index contributed by atoms with van der Waals surface area (Å²) in [6.45, 7) is 9.63. The predicted molar refractivity (Wildman–Crippen MR) is 53.6 cm³/mol. The summed E-state index contributed by atoms with van der Waals surface area (Å²) in [4.78, 5) is 0. The Hall–Kier alpha value is -0.860. The van der Waals surface area contributed by atoms with E-state index < -0.39 is 0 Å². The second-order valence-corrected chi connectivity index (χ2v) is 4.47. The second kappa shape index (κ2) is 3.90. The number of nitrogens with zero attached hydrogens (tertiary/aromatic N) is 3. The lowest BCUT2D eigenvalue weighted by Gasteiger charge is -2.12. The minimum absolute atomic E-state index is 0.116. The van der Waals surface area contributed by atoms with Crippen molar-refractivity contribution in [3.05, 3.63) is 11.9 Å². The van der Waals surface area contributed by atoms with E-state index in [9.17, 15) is 0 Å². The maximum Gasteiger partial charge on any atom is 0.0880 e. The van der Waals surface area contributed by atoms with Crippen LogP contribution in [0.15, 0.2) is 6.20 Å². The Morgan fingerprint density at radius 3 is 2.54 bits per heavy atom. The van der Waals surface area contributed by atoms with Crippen molar-refractivity contribution >= 4 is 0 Å². The van der Waals surface area contributed by atoms with Crippen LogP contribution in [0.3, 0.4) is 0 Å². The molecule has 3 heteroatoms. The summed E-state index contributed by atoms with van der Waals surface area (Å²) in [5.74, 6) is 0. The number of aromatic nitrogens is 3. The highest BCUT2D eigenvalue weighted by Crippen LogP contribution is 2.18. The molecule has 0 aliphatic heterocycles. The van der Waals surface area contributed by atoms with Crippen molar-refractivity contribution in [2.75, 3.05) is 0 Å². The fourth-order valence-corrected chi connectivity index (χ4v) is 1.07. The fraction of sp³-hybridized carbons (Fsp3) is 0.800. The first-order valence-corrected chi connectivity index (χ1v) is 4.94. The SMILES string of the molecule is CCCCn1cc(C(C)(C)C)nn1. The Bertz CT molecular complexity index is 257. The summed E-state index contributed by atoms with van der Waals surface area (Å²) in [7, 11) is 0. The molecule has 1 heterocycles. The van der Waals surface area contributed by atoms with Gasteiger partial charge in [0.25, 0.3) is 0 Å². The lowest BCUT2D eigenvalue weighted by molar-refractivity contribution is 0.551. The van der Waals surface area contributed by atoms with Crippen molar-refractivity contribution in [1.82, 2.24) is 15.0 Å². The van der Waals surface area contributed by atoms with Gasteiger partial charge in [0.1, 0.15) is 0 Å². The molecule has 1 aromatic rings. The number of unbranched alkanes of at least 4 members (excludes halogenated alkanes) is 1. The molecule has 1 aromatic heterocycles.